The molecule has 0 N–H and O–H groups in total. The number of hydrogen-bond acceptors (Lipinski definition) is 1. The zero-order valence-corrected chi connectivity index (χ0v) is 19.7. The third-order valence-corrected chi connectivity index (χ3v) is 21.2. The minimum atomic E-state index is -2.08. The molecule has 0 aromatic heterocycles. The molecule has 0 saturated carbocycles. The number of allylic oxidation sites excluding steroid dienone is 2. The molecule has 0 aromatic rings. The van der Waals surface area contributed by atoms with Crippen LogP contribution in [-0.2, 0) is 4.79 Å². The molecular formula is C21H42OSn. The van der Waals surface area contributed by atoms with Crippen LogP contribution in [-0.4, -0.2) is 24.2 Å². The molecule has 0 heterocycles. The van der Waals surface area contributed by atoms with Crippen LogP contribution in [0.4, 0.5) is 0 Å². The Morgan fingerprint density at radius 3 is 1.52 bits per heavy atom. The van der Waals surface area contributed by atoms with Crippen molar-refractivity contribution in [1.82, 2.24) is 0 Å². The number of rotatable bonds is 14. The predicted octanol–water partition coefficient (Wildman–Crippen LogP) is 7.54. The molecule has 0 aliphatic heterocycles. The van der Waals surface area contributed by atoms with E-state index in [1.807, 2.05) is 6.92 Å². The second kappa shape index (κ2) is 13.5. The fourth-order valence-electron chi connectivity index (χ4n) is 3.58. The van der Waals surface area contributed by atoms with Gasteiger partial charge in [0.05, 0.1) is 0 Å². The Bertz CT molecular complexity index is 335. The third kappa shape index (κ3) is 9.94. The number of hydrogen-bond donors (Lipinski definition) is 0. The summed E-state index contributed by atoms with van der Waals surface area (Å²) in [5.41, 5.74) is 2.95. The van der Waals surface area contributed by atoms with Gasteiger partial charge in [0.2, 0.25) is 0 Å². The van der Waals surface area contributed by atoms with Gasteiger partial charge in [0, 0.05) is 0 Å². The molecule has 0 atom stereocenters. The zero-order valence-electron chi connectivity index (χ0n) is 16.9. The van der Waals surface area contributed by atoms with Crippen LogP contribution in [0.2, 0.25) is 17.7 Å². The van der Waals surface area contributed by atoms with Gasteiger partial charge in [-0.2, -0.15) is 0 Å². The summed E-state index contributed by atoms with van der Waals surface area (Å²) in [7, 11) is 0. The molecule has 136 valence electrons. The topological polar surface area (TPSA) is 17.1 Å². The van der Waals surface area contributed by atoms with Crippen LogP contribution < -0.4 is 0 Å². The molecular weight excluding hydrogens is 387 g/mol. The van der Waals surface area contributed by atoms with Gasteiger partial charge in [-0.15, -0.1) is 0 Å². The fraction of sp³-hybridized carbons (Fsp3) is 0.857. The minimum absolute atomic E-state index is 0.401. The van der Waals surface area contributed by atoms with Gasteiger partial charge in [-0.3, -0.25) is 0 Å². The quantitative estimate of drug-likeness (QED) is 0.206. The normalized spacial score (nSPS) is 13.1. The molecule has 23 heavy (non-hydrogen) atoms. The van der Waals surface area contributed by atoms with E-state index in [4.69, 9.17) is 0 Å². The van der Waals surface area contributed by atoms with Crippen LogP contribution in [0.15, 0.2) is 11.1 Å². The summed E-state index contributed by atoms with van der Waals surface area (Å²) in [4.78, 5) is 11.8. The van der Waals surface area contributed by atoms with Crippen molar-refractivity contribution in [2.24, 2.45) is 0 Å². The SMILES string of the molecule is CCC[CH2][Sn]([CH2]CCC)([CH2]CCC)[CH2]/C(C)=C(/C)CC(=O)CC. The average molecular weight is 429 g/mol. The summed E-state index contributed by atoms with van der Waals surface area (Å²) in [6, 6.07) is 0. The van der Waals surface area contributed by atoms with Crippen molar-refractivity contribution < 1.29 is 4.79 Å². The Labute approximate surface area is 150 Å². The summed E-state index contributed by atoms with van der Waals surface area (Å²) in [6.45, 7) is 13.5. The number of carbonyl (C=O) groups is 1. The summed E-state index contributed by atoms with van der Waals surface area (Å²) in [6.07, 6.45) is 9.70. The Morgan fingerprint density at radius 2 is 1.17 bits per heavy atom. The van der Waals surface area contributed by atoms with E-state index in [9.17, 15) is 4.79 Å². The van der Waals surface area contributed by atoms with Gasteiger partial charge < -0.3 is 0 Å². The Hall–Kier alpha value is 0.209. The first-order valence-corrected chi connectivity index (χ1v) is 18.2. The van der Waals surface area contributed by atoms with E-state index in [1.165, 1.54) is 48.5 Å². The van der Waals surface area contributed by atoms with Gasteiger partial charge in [0.15, 0.2) is 0 Å². The molecule has 0 rings (SSSR count). The average Bonchev–Trinajstić information content (AvgIpc) is 2.55. The van der Waals surface area contributed by atoms with Crippen LogP contribution in [0, 0.1) is 0 Å². The van der Waals surface area contributed by atoms with Gasteiger partial charge in [-0.05, 0) is 0 Å². The Balaban J connectivity index is 5.19. The number of ketones is 1. The second-order valence-electron chi connectivity index (χ2n) is 7.62. The second-order valence-corrected chi connectivity index (χ2v) is 21.5. The van der Waals surface area contributed by atoms with Crippen molar-refractivity contribution in [2.75, 3.05) is 0 Å². The maximum absolute atomic E-state index is 11.8. The van der Waals surface area contributed by atoms with E-state index >= 15 is 0 Å². The van der Waals surface area contributed by atoms with Gasteiger partial charge in [0.1, 0.15) is 0 Å². The molecule has 0 aliphatic carbocycles. The van der Waals surface area contributed by atoms with Crippen LogP contribution >= 0.6 is 0 Å². The summed E-state index contributed by atoms with van der Waals surface area (Å²) >= 11 is -2.08. The van der Waals surface area contributed by atoms with Crippen LogP contribution in [0.3, 0.4) is 0 Å². The number of unbranched alkanes of at least 4 members (excludes halogenated alkanes) is 3. The molecule has 0 fully saturated rings. The van der Waals surface area contributed by atoms with Crippen molar-refractivity contribution in [3.63, 3.8) is 0 Å². The first-order valence-electron chi connectivity index (χ1n) is 10.1. The van der Waals surface area contributed by atoms with Crippen molar-refractivity contribution >= 4 is 24.2 Å². The summed E-state index contributed by atoms with van der Waals surface area (Å²) < 4.78 is 6.12. The van der Waals surface area contributed by atoms with Gasteiger partial charge in [-0.25, -0.2) is 0 Å². The van der Waals surface area contributed by atoms with E-state index in [1.54, 1.807) is 18.9 Å². The summed E-state index contributed by atoms with van der Waals surface area (Å²) in [5, 5.41) is 0. The molecule has 0 unspecified atom stereocenters. The Kier molecular flexibility index (Phi) is 13.6. The first-order chi connectivity index (χ1) is 10.9. The van der Waals surface area contributed by atoms with Crippen molar-refractivity contribution in [3.8, 4) is 0 Å². The third-order valence-electron chi connectivity index (χ3n) is 5.41. The van der Waals surface area contributed by atoms with Crippen LogP contribution in [0.5, 0.6) is 0 Å². The molecule has 1 nitrogen and oxygen atoms in total. The van der Waals surface area contributed by atoms with Crippen LogP contribution in [0.25, 0.3) is 0 Å². The fourth-order valence-corrected chi connectivity index (χ4v) is 20.8. The first kappa shape index (κ1) is 23.2. The molecule has 0 aromatic carbocycles. The van der Waals surface area contributed by atoms with E-state index in [2.05, 4.69) is 34.6 Å². The molecule has 2 heteroatoms. The molecule has 0 spiro atoms. The predicted molar refractivity (Wildman–Crippen MR) is 108 cm³/mol. The van der Waals surface area contributed by atoms with Gasteiger partial charge in [-0.1, -0.05) is 0 Å². The van der Waals surface area contributed by atoms with E-state index in [0.29, 0.717) is 18.6 Å². The van der Waals surface area contributed by atoms with Crippen LogP contribution in [0.1, 0.15) is 92.9 Å². The Morgan fingerprint density at radius 1 is 0.739 bits per heavy atom. The van der Waals surface area contributed by atoms with Gasteiger partial charge in [0.25, 0.3) is 0 Å². The van der Waals surface area contributed by atoms with E-state index in [-0.39, 0.29) is 0 Å². The van der Waals surface area contributed by atoms with Crippen molar-refractivity contribution in [2.45, 2.75) is 111 Å². The number of Topliss-reactive ketones (excluding diaryl/α,β-unsaturated/α-hetero) is 1. The molecule has 0 bridgehead atoms. The maximum atomic E-state index is 11.8. The van der Waals surface area contributed by atoms with Gasteiger partial charge >= 0.3 is 151 Å². The molecule has 0 aliphatic rings. The molecule has 0 radical (unpaired) electrons. The van der Waals surface area contributed by atoms with Crippen molar-refractivity contribution in [1.29, 1.82) is 0 Å². The zero-order chi connectivity index (χ0) is 17.7. The number of carbonyl (C=O) groups excluding carboxylic acids is 1. The van der Waals surface area contributed by atoms with E-state index in [0.717, 1.165) is 0 Å². The molecule has 0 saturated heterocycles. The summed E-state index contributed by atoms with van der Waals surface area (Å²) in [5.74, 6) is 0.401. The standard InChI is InChI=1S/C9H15O.3C4H9.Sn/c1-5-9(10)6-8(4)7(2)3;3*1-3-4-2;/h2,5-6H2,1,3-4H3;3*1,3-4H2,2H3;/b8-7+;;;;. The van der Waals surface area contributed by atoms with Crippen molar-refractivity contribution in [3.05, 3.63) is 11.1 Å². The van der Waals surface area contributed by atoms with E-state index < -0.39 is 18.4 Å². The monoisotopic (exact) mass is 430 g/mol. The molecule has 0 amide bonds.